The molecule has 0 radical (unpaired) electrons. The minimum atomic E-state index is -3.20. The van der Waals surface area contributed by atoms with Crippen LogP contribution in [0, 0.1) is 5.92 Å². The van der Waals surface area contributed by atoms with Gasteiger partial charge in [0.2, 0.25) is 7.37 Å². The lowest BCUT2D eigenvalue weighted by atomic mass is 10.0. The molecule has 0 spiro atoms. The van der Waals surface area contributed by atoms with Crippen molar-refractivity contribution < 1.29 is 32.5 Å². The summed E-state index contributed by atoms with van der Waals surface area (Å²) in [7, 11) is -0.999. The van der Waals surface area contributed by atoms with Crippen molar-refractivity contribution in [3.8, 4) is 0 Å². The summed E-state index contributed by atoms with van der Waals surface area (Å²) in [5, 5.41) is 0. The van der Waals surface area contributed by atoms with Crippen molar-refractivity contribution >= 4 is 19.3 Å². The fourth-order valence-corrected chi connectivity index (χ4v) is 3.75. The number of benzene rings is 1. The first-order chi connectivity index (χ1) is 11.3. The van der Waals surface area contributed by atoms with Gasteiger partial charge in [0.05, 0.1) is 26.7 Å². The number of ether oxygens (including phenoxy) is 2. The van der Waals surface area contributed by atoms with E-state index in [0.717, 1.165) is 19.8 Å². The van der Waals surface area contributed by atoms with Gasteiger partial charge in [-0.1, -0.05) is 30.3 Å². The van der Waals surface area contributed by atoms with Gasteiger partial charge in [-0.2, -0.15) is 0 Å². The Labute approximate surface area is 140 Å². The van der Waals surface area contributed by atoms with Crippen LogP contribution in [0.15, 0.2) is 30.3 Å². The molecule has 3 atom stereocenters. The molecule has 0 saturated heterocycles. The van der Waals surface area contributed by atoms with Crippen molar-refractivity contribution in [2.75, 3.05) is 27.0 Å². The van der Waals surface area contributed by atoms with Crippen molar-refractivity contribution in [3.05, 3.63) is 35.9 Å². The van der Waals surface area contributed by atoms with E-state index in [0.29, 0.717) is 0 Å². The average Bonchev–Trinajstić information content (AvgIpc) is 2.58. The highest BCUT2D eigenvalue weighted by molar-refractivity contribution is 7.58. The number of methoxy groups -OCH3 is 2. The van der Waals surface area contributed by atoms with E-state index in [4.69, 9.17) is 4.52 Å². The largest absolute Gasteiger partial charge is 0.469 e. The van der Waals surface area contributed by atoms with E-state index in [1.807, 2.05) is 30.3 Å². The van der Waals surface area contributed by atoms with E-state index in [9.17, 15) is 18.5 Å². The molecule has 24 heavy (non-hydrogen) atoms. The fourth-order valence-electron chi connectivity index (χ4n) is 2.12. The molecular weight excluding hydrogens is 338 g/mol. The van der Waals surface area contributed by atoms with E-state index in [1.54, 1.807) is 0 Å². The van der Waals surface area contributed by atoms with Crippen molar-refractivity contribution in [2.45, 2.75) is 19.2 Å². The smallest absolute Gasteiger partial charge is 0.340 e. The third-order valence-corrected chi connectivity index (χ3v) is 5.16. The van der Waals surface area contributed by atoms with Gasteiger partial charge >= 0.3 is 11.9 Å². The summed E-state index contributed by atoms with van der Waals surface area (Å²) in [5.74, 6) is -2.89. The minimum absolute atomic E-state index is 0.110. The van der Waals surface area contributed by atoms with Gasteiger partial charge in [0, 0.05) is 19.2 Å². The molecular formula is C16H22FO6P. The van der Waals surface area contributed by atoms with E-state index in [1.165, 1.54) is 6.66 Å². The van der Waals surface area contributed by atoms with Crippen LogP contribution in [-0.4, -0.2) is 45.2 Å². The Morgan fingerprint density at radius 2 is 1.71 bits per heavy atom. The van der Waals surface area contributed by atoms with E-state index < -0.39 is 37.8 Å². The van der Waals surface area contributed by atoms with Crippen molar-refractivity contribution in [3.63, 3.8) is 0 Å². The molecule has 6 nitrogen and oxygen atoms in total. The molecule has 0 aromatic heterocycles. The van der Waals surface area contributed by atoms with Gasteiger partial charge in [0.1, 0.15) is 0 Å². The molecule has 0 heterocycles. The monoisotopic (exact) mass is 360 g/mol. The first kappa shape index (κ1) is 20.3. The lowest BCUT2D eigenvalue weighted by Gasteiger charge is -2.20. The molecule has 134 valence electrons. The van der Waals surface area contributed by atoms with Crippen LogP contribution in [0.25, 0.3) is 0 Å². The summed E-state index contributed by atoms with van der Waals surface area (Å²) >= 11 is 0. The zero-order valence-corrected chi connectivity index (χ0v) is 14.8. The molecule has 0 fully saturated rings. The normalized spacial score (nSPS) is 15.8. The highest BCUT2D eigenvalue weighted by atomic mass is 31.2. The number of carbonyl (C=O) groups is 2. The number of carbonyl (C=O) groups excluding carboxylic acids is 2. The van der Waals surface area contributed by atoms with Crippen LogP contribution in [-0.2, 0) is 34.8 Å². The highest BCUT2D eigenvalue weighted by Gasteiger charge is 2.33. The van der Waals surface area contributed by atoms with Gasteiger partial charge in [0.15, 0.2) is 6.17 Å². The van der Waals surface area contributed by atoms with Crippen LogP contribution in [0.5, 0.6) is 0 Å². The second-order valence-corrected chi connectivity index (χ2v) is 8.05. The lowest BCUT2D eigenvalue weighted by Crippen LogP contribution is -2.28. The number of hydrogen-bond acceptors (Lipinski definition) is 6. The maximum Gasteiger partial charge on any atom is 0.340 e. The summed E-state index contributed by atoms with van der Waals surface area (Å²) in [4.78, 5) is 23.0. The molecule has 1 unspecified atom stereocenters. The Balaban J connectivity index is 2.71. The molecule has 8 heteroatoms. The molecule has 1 aromatic carbocycles. The molecule has 0 aliphatic rings. The van der Waals surface area contributed by atoms with E-state index >= 15 is 0 Å². The zero-order valence-electron chi connectivity index (χ0n) is 13.9. The highest BCUT2D eigenvalue weighted by Crippen LogP contribution is 2.46. The average molecular weight is 360 g/mol. The zero-order chi connectivity index (χ0) is 18.2. The predicted octanol–water partition coefficient (Wildman–Crippen LogP) is 2.80. The number of hydrogen-bond donors (Lipinski definition) is 0. The van der Waals surface area contributed by atoms with Gasteiger partial charge < -0.3 is 14.0 Å². The Hall–Kier alpha value is -1.72. The third kappa shape index (κ3) is 6.81. The molecule has 0 bridgehead atoms. The molecule has 0 N–H and O–H groups in total. The first-order valence-electron chi connectivity index (χ1n) is 7.33. The number of esters is 2. The van der Waals surface area contributed by atoms with Gasteiger partial charge in [-0.05, 0) is 5.56 Å². The van der Waals surface area contributed by atoms with Crippen LogP contribution in [0.1, 0.15) is 12.0 Å². The summed E-state index contributed by atoms with van der Waals surface area (Å²) in [6.07, 6.45) is -2.68. The first-order valence-corrected chi connectivity index (χ1v) is 9.59. The van der Waals surface area contributed by atoms with Crippen LogP contribution >= 0.6 is 7.37 Å². The Bertz CT molecular complexity index is 591. The quantitative estimate of drug-likeness (QED) is 0.498. The van der Waals surface area contributed by atoms with Crippen molar-refractivity contribution in [1.29, 1.82) is 0 Å². The topological polar surface area (TPSA) is 78.9 Å². The summed E-state index contributed by atoms with van der Waals surface area (Å²) in [6, 6.07) is 9.11. The van der Waals surface area contributed by atoms with Crippen molar-refractivity contribution in [2.24, 2.45) is 5.92 Å². The van der Waals surface area contributed by atoms with Gasteiger partial charge in [-0.25, -0.2) is 9.18 Å². The second-order valence-electron chi connectivity index (χ2n) is 5.40. The fraction of sp³-hybridized carbons (Fsp3) is 0.500. The molecule has 0 amide bonds. The number of alkyl halides is 1. The van der Waals surface area contributed by atoms with Gasteiger partial charge in [-0.3, -0.25) is 9.36 Å². The van der Waals surface area contributed by atoms with Crippen LogP contribution in [0.3, 0.4) is 0 Å². The summed E-state index contributed by atoms with van der Waals surface area (Å²) < 4.78 is 40.6. The van der Waals surface area contributed by atoms with Crippen LogP contribution in [0.4, 0.5) is 4.39 Å². The maximum atomic E-state index is 13.8. The maximum absolute atomic E-state index is 13.8. The number of halogens is 1. The number of rotatable bonds is 9. The third-order valence-electron chi connectivity index (χ3n) is 3.38. The van der Waals surface area contributed by atoms with E-state index in [-0.39, 0.29) is 12.8 Å². The Kier molecular flexibility index (Phi) is 8.08. The Morgan fingerprint density at radius 3 is 2.25 bits per heavy atom. The van der Waals surface area contributed by atoms with Crippen LogP contribution < -0.4 is 0 Å². The minimum Gasteiger partial charge on any atom is -0.469 e. The van der Waals surface area contributed by atoms with E-state index in [2.05, 4.69) is 9.47 Å². The predicted molar refractivity (Wildman–Crippen MR) is 86.7 cm³/mol. The Morgan fingerprint density at radius 1 is 1.12 bits per heavy atom. The standard InChI is InChI=1S/C16H22FO6P/c1-21-15(18)13(9-14(17)16(19)22-2)11-24(3,20)23-10-12-7-5-4-6-8-12/h4-8,13-14H,9-11H2,1-3H3/t13-,14+,24?/m0/s1. The van der Waals surface area contributed by atoms with Crippen molar-refractivity contribution in [1.82, 2.24) is 0 Å². The van der Waals surface area contributed by atoms with Gasteiger partial charge in [-0.15, -0.1) is 0 Å². The van der Waals surface area contributed by atoms with Gasteiger partial charge in [0.25, 0.3) is 0 Å². The SMILES string of the molecule is COC(=O)[C@@H](C[C@@H](F)C(=O)OC)CP(C)(=O)OCc1ccccc1. The molecule has 0 saturated carbocycles. The van der Waals surface area contributed by atoms with Crippen LogP contribution in [0.2, 0.25) is 0 Å². The molecule has 1 rings (SSSR count). The second kappa shape index (κ2) is 9.55. The summed E-state index contributed by atoms with van der Waals surface area (Å²) in [5.41, 5.74) is 0.826. The summed E-state index contributed by atoms with van der Waals surface area (Å²) in [6.45, 7) is 1.48. The lowest BCUT2D eigenvalue weighted by molar-refractivity contribution is -0.150. The molecule has 0 aliphatic carbocycles. The molecule has 1 aromatic rings. The molecule has 0 aliphatic heterocycles.